The maximum Gasteiger partial charge on any atom is 0.450 e. The third-order valence-electron chi connectivity index (χ3n) is 1.99. The fourth-order valence-electron chi connectivity index (χ4n) is 1.11. The molecular weight excluding hydrogens is 276 g/mol. The van der Waals surface area contributed by atoms with Gasteiger partial charge in [0.05, 0.1) is 12.1 Å². The Morgan fingerprint density at radius 2 is 1.47 bits per heavy atom. The molecule has 0 radical (unpaired) electrons. The van der Waals surface area contributed by atoms with E-state index >= 15 is 0 Å². The molecule has 19 heavy (non-hydrogen) atoms. The van der Waals surface area contributed by atoms with Crippen LogP contribution in [0, 0.1) is 0 Å². The van der Waals surface area contributed by atoms with Gasteiger partial charge in [0, 0.05) is 0 Å². The minimum absolute atomic E-state index is 0.176. The van der Waals surface area contributed by atoms with Crippen molar-refractivity contribution in [2.24, 2.45) is 4.99 Å². The van der Waals surface area contributed by atoms with Gasteiger partial charge in [0.15, 0.2) is 0 Å². The second kappa shape index (κ2) is 5.41. The van der Waals surface area contributed by atoms with Crippen LogP contribution in [0.4, 0.5) is 32.0 Å². The number of Topliss-reactive ketones (excluding diaryl/α,β-unsaturated/α-hetero) is 1. The Balaban J connectivity index is 3.05. The normalized spacial score (nSPS) is 13.5. The highest BCUT2D eigenvalue weighted by atomic mass is 19.4. The van der Waals surface area contributed by atoms with Gasteiger partial charge in [-0.3, -0.25) is 4.79 Å². The lowest BCUT2D eigenvalue weighted by molar-refractivity contribution is -0.170. The average Bonchev–Trinajstić information content (AvgIpc) is 2.27. The molecule has 1 rings (SSSR count). The molecule has 1 aromatic carbocycles. The molecule has 0 N–H and O–H groups in total. The number of benzene rings is 1. The van der Waals surface area contributed by atoms with Gasteiger partial charge in [0.1, 0.15) is 5.71 Å². The van der Waals surface area contributed by atoms with Gasteiger partial charge in [-0.1, -0.05) is 18.2 Å². The van der Waals surface area contributed by atoms with Crippen molar-refractivity contribution in [1.29, 1.82) is 0 Å². The lowest BCUT2D eigenvalue weighted by atomic mass is 10.1. The Morgan fingerprint density at radius 3 is 1.89 bits per heavy atom. The number of aliphatic imine (C=N–C) groups is 1. The maximum absolute atomic E-state index is 12.5. The van der Waals surface area contributed by atoms with E-state index in [4.69, 9.17) is 0 Å². The number of alkyl halides is 6. The van der Waals surface area contributed by atoms with Crippen LogP contribution in [-0.2, 0) is 4.79 Å². The van der Waals surface area contributed by atoms with Crippen molar-refractivity contribution in [3.63, 3.8) is 0 Å². The van der Waals surface area contributed by atoms with E-state index in [-0.39, 0.29) is 5.69 Å². The van der Waals surface area contributed by atoms with Gasteiger partial charge in [-0.05, 0) is 12.1 Å². The average molecular weight is 283 g/mol. The van der Waals surface area contributed by atoms with E-state index in [0.29, 0.717) is 0 Å². The van der Waals surface area contributed by atoms with Crippen LogP contribution in [0.1, 0.15) is 6.42 Å². The molecule has 0 atom stereocenters. The van der Waals surface area contributed by atoms with Gasteiger partial charge < -0.3 is 0 Å². The third kappa shape index (κ3) is 4.72. The van der Waals surface area contributed by atoms with Crippen LogP contribution >= 0.6 is 0 Å². The van der Waals surface area contributed by atoms with Crippen LogP contribution in [0.3, 0.4) is 0 Å². The van der Waals surface area contributed by atoms with E-state index in [9.17, 15) is 31.1 Å². The molecule has 0 bridgehead atoms. The highest BCUT2D eigenvalue weighted by Crippen LogP contribution is 2.26. The first kappa shape index (κ1) is 15.2. The van der Waals surface area contributed by atoms with E-state index in [1.165, 1.54) is 30.3 Å². The quantitative estimate of drug-likeness (QED) is 0.612. The Kier molecular flexibility index (Phi) is 4.33. The summed E-state index contributed by atoms with van der Waals surface area (Å²) in [5.41, 5.74) is -1.95. The summed E-state index contributed by atoms with van der Waals surface area (Å²) in [6.45, 7) is 0. The summed E-state index contributed by atoms with van der Waals surface area (Å²) in [5, 5.41) is 0. The van der Waals surface area contributed by atoms with Crippen LogP contribution in [0.5, 0.6) is 0 Å². The summed E-state index contributed by atoms with van der Waals surface area (Å²) < 4.78 is 73.4. The molecule has 0 unspecified atom stereocenters. The van der Waals surface area contributed by atoms with Gasteiger partial charge in [-0.2, -0.15) is 26.3 Å². The van der Waals surface area contributed by atoms with E-state index in [0.717, 1.165) is 0 Å². The predicted molar refractivity (Wildman–Crippen MR) is 55.3 cm³/mol. The van der Waals surface area contributed by atoms with E-state index < -0.39 is 30.3 Å². The number of halogens is 6. The summed E-state index contributed by atoms with van der Waals surface area (Å²) in [7, 11) is 0. The molecule has 0 aromatic heterocycles. The second-order valence-electron chi connectivity index (χ2n) is 3.49. The zero-order chi connectivity index (χ0) is 14.7. The molecule has 0 spiro atoms. The number of ketones is 1. The SMILES string of the molecule is O=C(CC(=Nc1ccccc1)C(F)(F)F)C(F)(F)F. The predicted octanol–water partition coefficient (Wildman–Crippen LogP) is 3.84. The monoisotopic (exact) mass is 283 g/mol. The van der Waals surface area contributed by atoms with E-state index in [1.807, 2.05) is 0 Å². The Labute approximate surface area is 103 Å². The molecule has 0 heterocycles. The molecule has 1 aromatic rings. The Hall–Kier alpha value is -1.86. The summed E-state index contributed by atoms with van der Waals surface area (Å²) in [6.07, 6.45) is -12.2. The molecular formula is C11H7F6NO. The van der Waals surface area contributed by atoms with Gasteiger partial charge in [0.2, 0.25) is 5.78 Å². The largest absolute Gasteiger partial charge is 0.450 e. The van der Waals surface area contributed by atoms with E-state index in [1.54, 1.807) is 0 Å². The van der Waals surface area contributed by atoms with Crippen molar-refractivity contribution in [1.82, 2.24) is 0 Å². The highest BCUT2D eigenvalue weighted by molar-refractivity contribution is 6.07. The van der Waals surface area contributed by atoms with E-state index in [2.05, 4.69) is 4.99 Å². The van der Waals surface area contributed by atoms with Crippen LogP contribution < -0.4 is 0 Å². The molecule has 0 aliphatic rings. The van der Waals surface area contributed by atoms with Gasteiger partial charge in [-0.15, -0.1) is 0 Å². The van der Waals surface area contributed by atoms with Gasteiger partial charge in [-0.25, -0.2) is 4.99 Å². The van der Waals surface area contributed by atoms with Crippen molar-refractivity contribution < 1.29 is 31.1 Å². The van der Waals surface area contributed by atoms with Crippen LogP contribution in [0.2, 0.25) is 0 Å². The highest BCUT2D eigenvalue weighted by Gasteiger charge is 2.44. The topological polar surface area (TPSA) is 29.4 Å². The first-order chi connectivity index (χ1) is 8.60. The zero-order valence-corrected chi connectivity index (χ0v) is 9.22. The first-order valence-corrected chi connectivity index (χ1v) is 4.90. The maximum atomic E-state index is 12.5. The molecule has 0 fully saturated rings. The molecule has 0 saturated heterocycles. The molecule has 0 saturated carbocycles. The third-order valence-corrected chi connectivity index (χ3v) is 1.99. The first-order valence-electron chi connectivity index (χ1n) is 4.90. The van der Waals surface area contributed by atoms with Crippen LogP contribution in [-0.4, -0.2) is 23.8 Å². The molecule has 2 nitrogen and oxygen atoms in total. The van der Waals surface area contributed by atoms with Crippen molar-refractivity contribution in [2.45, 2.75) is 18.8 Å². The van der Waals surface area contributed by atoms with Crippen LogP contribution in [0.15, 0.2) is 35.3 Å². The minimum Gasteiger partial charge on any atom is -0.289 e. The standard InChI is InChI=1S/C11H7F6NO/c12-10(13,14)8(6-9(19)11(15,16)17)18-7-4-2-1-3-5-7/h1-5H,6H2. The number of para-hydroxylation sites is 1. The molecule has 0 aliphatic heterocycles. The zero-order valence-electron chi connectivity index (χ0n) is 9.22. The van der Waals surface area contributed by atoms with Crippen molar-refractivity contribution in [3.8, 4) is 0 Å². The lowest BCUT2D eigenvalue weighted by Gasteiger charge is -2.11. The smallest absolute Gasteiger partial charge is 0.289 e. The molecule has 104 valence electrons. The fourth-order valence-corrected chi connectivity index (χ4v) is 1.11. The number of rotatable bonds is 3. The lowest BCUT2D eigenvalue weighted by Crippen LogP contribution is -2.31. The summed E-state index contributed by atoms with van der Waals surface area (Å²) in [6, 6.07) is 6.62. The molecule has 8 heteroatoms. The number of hydrogen-bond donors (Lipinski definition) is 0. The van der Waals surface area contributed by atoms with Crippen LogP contribution in [0.25, 0.3) is 0 Å². The summed E-state index contributed by atoms with van der Waals surface area (Å²) in [4.78, 5) is 13.7. The molecule has 0 aliphatic carbocycles. The molecule has 0 amide bonds. The Morgan fingerprint density at radius 1 is 0.947 bits per heavy atom. The fraction of sp³-hybridized carbons (Fsp3) is 0.273. The van der Waals surface area contributed by atoms with Gasteiger partial charge >= 0.3 is 12.4 Å². The number of nitrogens with zero attached hydrogens (tertiary/aromatic N) is 1. The minimum atomic E-state index is -5.32. The number of carbonyl (C=O) groups is 1. The number of hydrogen-bond acceptors (Lipinski definition) is 2. The number of carbonyl (C=O) groups excluding carboxylic acids is 1. The van der Waals surface area contributed by atoms with Gasteiger partial charge in [0.25, 0.3) is 0 Å². The summed E-state index contributed by atoms with van der Waals surface area (Å²) >= 11 is 0. The van der Waals surface area contributed by atoms with Crippen molar-refractivity contribution >= 4 is 17.2 Å². The second-order valence-corrected chi connectivity index (χ2v) is 3.49. The van der Waals surface area contributed by atoms with Crippen molar-refractivity contribution in [3.05, 3.63) is 30.3 Å². The summed E-state index contributed by atoms with van der Waals surface area (Å²) in [5.74, 6) is -2.49. The van der Waals surface area contributed by atoms with Crippen molar-refractivity contribution in [2.75, 3.05) is 0 Å². The Bertz CT molecular complexity index is 474.